The molecule has 0 saturated carbocycles. The maximum atomic E-state index is 4.40. The molecule has 170 valence electrons. The van der Waals surface area contributed by atoms with Crippen LogP contribution in [0.3, 0.4) is 0 Å². The van der Waals surface area contributed by atoms with Gasteiger partial charge in [-0.15, -0.1) is 0 Å². The summed E-state index contributed by atoms with van der Waals surface area (Å²) in [5, 5.41) is 3.64. The summed E-state index contributed by atoms with van der Waals surface area (Å²) in [6.45, 7) is 32.8. The Hall–Kier alpha value is -2.80. The summed E-state index contributed by atoms with van der Waals surface area (Å²) >= 11 is 0. The molecule has 0 unspecified atom stereocenters. The van der Waals surface area contributed by atoms with Crippen LogP contribution in [0.25, 0.3) is 5.57 Å². The van der Waals surface area contributed by atoms with Gasteiger partial charge in [0, 0.05) is 22.4 Å². The number of anilines is 1. The van der Waals surface area contributed by atoms with Crippen LogP contribution in [0, 0.1) is 13.8 Å². The minimum absolute atomic E-state index is 0.0284. The molecular formula is C31H41N. The van der Waals surface area contributed by atoms with Gasteiger partial charge in [-0.25, -0.2) is 0 Å². The van der Waals surface area contributed by atoms with Gasteiger partial charge in [-0.2, -0.15) is 0 Å². The monoisotopic (exact) mass is 427 g/mol. The highest BCUT2D eigenvalue weighted by molar-refractivity contribution is 5.84. The molecule has 32 heavy (non-hydrogen) atoms. The van der Waals surface area contributed by atoms with Gasteiger partial charge in [0.1, 0.15) is 0 Å². The first kappa shape index (κ1) is 25.5. The number of rotatable bonds is 7. The highest BCUT2D eigenvalue weighted by Crippen LogP contribution is 2.40. The number of benzene rings is 2. The van der Waals surface area contributed by atoms with Crippen LogP contribution in [0.5, 0.6) is 0 Å². The number of aryl methyl sites for hydroxylation is 2. The molecule has 0 saturated heterocycles. The van der Waals surface area contributed by atoms with Crippen molar-refractivity contribution < 1.29 is 0 Å². The Balaban J connectivity index is 2.52. The van der Waals surface area contributed by atoms with E-state index >= 15 is 0 Å². The second-order valence-corrected chi connectivity index (χ2v) is 10.5. The Kier molecular flexibility index (Phi) is 7.45. The van der Waals surface area contributed by atoms with E-state index in [1.807, 2.05) is 6.92 Å². The third kappa shape index (κ3) is 5.15. The molecule has 1 heteroatoms. The van der Waals surface area contributed by atoms with Gasteiger partial charge in [0.05, 0.1) is 0 Å². The lowest BCUT2D eigenvalue weighted by atomic mass is 9.74. The highest BCUT2D eigenvalue weighted by Gasteiger charge is 2.28. The zero-order valence-corrected chi connectivity index (χ0v) is 21.7. The smallest absolute Gasteiger partial charge is 0.0425 e. The summed E-state index contributed by atoms with van der Waals surface area (Å²) in [5.74, 6) is 0. The normalized spacial score (nSPS) is 12.5. The van der Waals surface area contributed by atoms with Crippen LogP contribution >= 0.6 is 0 Å². The summed E-state index contributed by atoms with van der Waals surface area (Å²) in [6, 6.07) is 13.0. The van der Waals surface area contributed by atoms with Gasteiger partial charge in [-0.3, -0.25) is 0 Å². The van der Waals surface area contributed by atoms with Crippen LogP contribution in [0.2, 0.25) is 0 Å². The van der Waals surface area contributed by atoms with Crippen molar-refractivity contribution in [2.45, 2.75) is 73.1 Å². The Labute approximate surface area is 196 Å². The molecule has 0 heterocycles. The van der Waals surface area contributed by atoms with Crippen LogP contribution in [0.1, 0.15) is 76.3 Å². The number of nitrogens with one attached hydrogen (secondary N) is 1. The van der Waals surface area contributed by atoms with Gasteiger partial charge in [0.2, 0.25) is 0 Å². The van der Waals surface area contributed by atoms with Crippen molar-refractivity contribution in [3.8, 4) is 0 Å². The van der Waals surface area contributed by atoms with E-state index in [2.05, 4.69) is 123 Å². The lowest BCUT2D eigenvalue weighted by Crippen LogP contribution is -2.23. The summed E-state index contributed by atoms with van der Waals surface area (Å²) in [7, 11) is 0. The molecule has 0 aromatic heterocycles. The molecule has 0 fully saturated rings. The first-order valence-electron chi connectivity index (χ1n) is 11.4. The molecule has 1 N–H and O–H groups in total. The van der Waals surface area contributed by atoms with Crippen molar-refractivity contribution in [3.05, 3.63) is 107 Å². The van der Waals surface area contributed by atoms with Crippen LogP contribution < -0.4 is 5.32 Å². The first-order valence-corrected chi connectivity index (χ1v) is 11.4. The Morgan fingerprint density at radius 1 is 0.875 bits per heavy atom. The van der Waals surface area contributed by atoms with E-state index < -0.39 is 0 Å². The van der Waals surface area contributed by atoms with E-state index in [4.69, 9.17) is 0 Å². The van der Waals surface area contributed by atoms with E-state index in [1.165, 1.54) is 22.3 Å². The van der Waals surface area contributed by atoms with Crippen molar-refractivity contribution in [3.63, 3.8) is 0 Å². The van der Waals surface area contributed by atoms with Crippen LogP contribution in [0.15, 0.2) is 79.1 Å². The molecule has 0 atom stereocenters. The summed E-state index contributed by atoms with van der Waals surface area (Å²) < 4.78 is 0. The fourth-order valence-electron chi connectivity index (χ4n) is 4.15. The molecule has 0 amide bonds. The fourth-order valence-corrected chi connectivity index (χ4v) is 4.15. The van der Waals surface area contributed by atoms with Crippen LogP contribution in [0.4, 0.5) is 5.69 Å². The van der Waals surface area contributed by atoms with Gasteiger partial charge in [0.25, 0.3) is 0 Å². The average Bonchev–Trinajstić information content (AvgIpc) is 2.67. The van der Waals surface area contributed by atoms with Crippen molar-refractivity contribution in [2.75, 3.05) is 5.32 Å². The van der Waals surface area contributed by atoms with Crippen molar-refractivity contribution in [1.29, 1.82) is 0 Å². The lowest BCUT2D eigenvalue weighted by Gasteiger charge is -2.32. The van der Waals surface area contributed by atoms with Gasteiger partial charge < -0.3 is 5.32 Å². The van der Waals surface area contributed by atoms with E-state index in [9.17, 15) is 0 Å². The molecule has 2 aromatic carbocycles. The number of hydrogen-bond acceptors (Lipinski definition) is 1. The maximum Gasteiger partial charge on any atom is 0.0425 e. The second kappa shape index (κ2) is 9.36. The largest absolute Gasteiger partial charge is 0.355 e. The minimum atomic E-state index is -0.0901. The van der Waals surface area contributed by atoms with Crippen molar-refractivity contribution >= 4 is 11.3 Å². The van der Waals surface area contributed by atoms with E-state index in [0.29, 0.717) is 0 Å². The van der Waals surface area contributed by atoms with E-state index in [1.54, 1.807) is 0 Å². The lowest BCUT2D eigenvalue weighted by molar-refractivity contribution is 0.580. The SMILES string of the molecule is C=C(Nc1cc(C)c(C(C)(C)C(=C)C)cc1C(C)(C)C)/C(=C/C)C(=C)c1ccccc1C. The number of allylic oxidation sites excluding steroid dienone is 3. The van der Waals surface area contributed by atoms with Gasteiger partial charge in [-0.1, -0.05) is 96.3 Å². The second-order valence-electron chi connectivity index (χ2n) is 10.5. The predicted molar refractivity (Wildman–Crippen MR) is 144 cm³/mol. The summed E-state index contributed by atoms with van der Waals surface area (Å²) in [6.07, 6.45) is 2.09. The summed E-state index contributed by atoms with van der Waals surface area (Å²) in [4.78, 5) is 0. The van der Waals surface area contributed by atoms with Gasteiger partial charge >= 0.3 is 0 Å². The standard InChI is InChI=1S/C31H41N/c1-13-25(23(6)26-17-15-14-16-21(26)4)24(7)32-29-18-22(5)27(31(11,12)20(2)3)19-28(29)30(8,9)10/h13-19,32H,2,6-7H2,1,3-5,8-12H3/b25-13+. The third-order valence-electron chi connectivity index (χ3n) is 6.61. The molecule has 2 aromatic rings. The molecule has 0 radical (unpaired) electrons. The quantitative estimate of drug-likeness (QED) is 0.343. The zero-order chi connectivity index (χ0) is 24.4. The Morgan fingerprint density at radius 2 is 1.47 bits per heavy atom. The molecule has 2 rings (SSSR count). The van der Waals surface area contributed by atoms with E-state index in [-0.39, 0.29) is 10.8 Å². The third-order valence-corrected chi connectivity index (χ3v) is 6.61. The predicted octanol–water partition coefficient (Wildman–Crippen LogP) is 9.04. The minimum Gasteiger partial charge on any atom is -0.355 e. The van der Waals surface area contributed by atoms with Crippen molar-refractivity contribution in [2.24, 2.45) is 0 Å². The van der Waals surface area contributed by atoms with Crippen LogP contribution in [-0.2, 0) is 10.8 Å². The van der Waals surface area contributed by atoms with Crippen LogP contribution in [-0.4, -0.2) is 0 Å². The average molecular weight is 428 g/mol. The highest BCUT2D eigenvalue weighted by atomic mass is 14.9. The van der Waals surface area contributed by atoms with Gasteiger partial charge in [-0.05, 0) is 72.6 Å². The topological polar surface area (TPSA) is 12.0 Å². The maximum absolute atomic E-state index is 4.40. The Morgan fingerprint density at radius 3 is 1.97 bits per heavy atom. The molecule has 0 spiro atoms. The zero-order valence-electron chi connectivity index (χ0n) is 21.7. The summed E-state index contributed by atoms with van der Waals surface area (Å²) in [5.41, 5.74) is 11.2. The molecular weight excluding hydrogens is 386 g/mol. The molecule has 0 bridgehead atoms. The molecule has 0 aliphatic carbocycles. The molecule has 1 nitrogen and oxygen atoms in total. The number of hydrogen-bond donors (Lipinski definition) is 1. The van der Waals surface area contributed by atoms with Gasteiger partial charge in [0.15, 0.2) is 0 Å². The molecule has 0 aliphatic rings. The van der Waals surface area contributed by atoms with E-state index in [0.717, 1.165) is 33.7 Å². The molecule has 0 aliphatic heterocycles. The van der Waals surface area contributed by atoms with Crippen molar-refractivity contribution in [1.82, 2.24) is 0 Å². The Bertz CT molecular complexity index is 1080. The first-order chi connectivity index (χ1) is 14.7. The fraction of sp³-hybridized carbons (Fsp3) is 0.355.